The van der Waals surface area contributed by atoms with Gasteiger partial charge in [-0.05, 0) is 55.3 Å². The molecule has 186 valence electrons. The molecule has 0 spiro atoms. The van der Waals surface area contributed by atoms with Gasteiger partial charge in [0.05, 0.1) is 16.9 Å². The van der Waals surface area contributed by atoms with Crippen LogP contribution in [0.1, 0.15) is 25.2 Å². The molecule has 0 radical (unpaired) electrons. The number of aromatic nitrogens is 4. The zero-order valence-electron chi connectivity index (χ0n) is 21.6. The van der Waals surface area contributed by atoms with Crippen molar-refractivity contribution in [2.75, 3.05) is 0 Å². The highest BCUT2D eigenvalue weighted by Crippen LogP contribution is 2.54. The first-order chi connectivity index (χ1) is 19.1. The van der Waals surface area contributed by atoms with E-state index >= 15 is 0 Å². The van der Waals surface area contributed by atoms with Crippen molar-refractivity contribution in [1.82, 2.24) is 19.5 Å². The molecule has 1 aliphatic carbocycles. The van der Waals surface area contributed by atoms with Crippen molar-refractivity contribution in [1.29, 1.82) is 0 Å². The summed E-state index contributed by atoms with van der Waals surface area (Å²) in [5.41, 5.74) is 9.98. The minimum atomic E-state index is -0.244. The van der Waals surface area contributed by atoms with Crippen LogP contribution in [0.4, 0.5) is 0 Å². The first-order valence-electron chi connectivity index (χ1n) is 13.1. The van der Waals surface area contributed by atoms with Gasteiger partial charge in [0.1, 0.15) is 11.3 Å². The third-order valence-corrected chi connectivity index (χ3v) is 7.89. The quantitative estimate of drug-likeness (QED) is 0.243. The van der Waals surface area contributed by atoms with Gasteiger partial charge in [-0.15, -0.1) is 0 Å². The Balaban J connectivity index is 1.50. The van der Waals surface area contributed by atoms with Crippen LogP contribution in [0.2, 0.25) is 0 Å². The van der Waals surface area contributed by atoms with Gasteiger partial charge in [-0.25, -0.2) is 9.97 Å². The monoisotopic (exact) mass is 504 g/mol. The van der Waals surface area contributed by atoms with Crippen LogP contribution in [0.5, 0.6) is 0 Å². The van der Waals surface area contributed by atoms with E-state index in [4.69, 9.17) is 14.4 Å². The molecule has 7 aromatic rings. The van der Waals surface area contributed by atoms with Gasteiger partial charge in [0.15, 0.2) is 5.58 Å². The predicted octanol–water partition coefficient (Wildman–Crippen LogP) is 8.20. The smallest absolute Gasteiger partial charge is 0.235 e. The van der Waals surface area contributed by atoms with Gasteiger partial charge >= 0.3 is 0 Å². The van der Waals surface area contributed by atoms with Crippen LogP contribution in [-0.4, -0.2) is 19.5 Å². The summed E-state index contributed by atoms with van der Waals surface area (Å²) in [6, 6.07) is 33.2. The van der Waals surface area contributed by atoms with Gasteiger partial charge in [0, 0.05) is 39.9 Å². The van der Waals surface area contributed by atoms with Crippen molar-refractivity contribution in [3.63, 3.8) is 0 Å². The maximum atomic E-state index is 6.77. The lowest BCUT2D eigenvalue weighted by Crippen LogP contribution is -2.14. The van der Waals surface area contributed by atoms with E-state index in [0.29, 0.717) is 5.95 Å². The maximum Gasteiger partial charge on any atom is 0.235 e. The third-order valence-electron chi connectivity index (χ3n) is 7.89. The molecule has 0 bridgehead atoms. The Hall–Kier alpha value is -5.03. The Morgan fingerprint density at radius 3 is 2.18 bits per heavy atom. The lowest BCUT2D eigenvalue weighted by molar-refractivity contribution is 0.466. The van der Waals surface area contributed by atoms with Gasteiger partial charge in [0.2, 0.25) is 5.95 Å². The van der Waals surface area contributed by atoms with E-state index in [1.807, 2.05) is 30.3 Å². The fourth-order valence-corrected chi connectivity index (χ4v) is 6.03. The Labute approximate surface area is 225 Å². The zero-order valence-corrected chi connectivity index (χ0v) is 21.6. The van der Waals surface area contributed by atoms with Crippen LogP contribution in [0.3, 0.4) is 0 Å². The van der Waals surface area contributed by atoms with Crippen LogP contribution in [-0.2, 0) is 5.41 Å². The normalized spacial score (nSPS) is 13.6. The number of furan rings is 1. The fraction of sp³-hybridized carbons (Fsp3) is 0.0882. The second-order valence-corrected chi connectivity index (χ2v) is 10.5. The Morgan fingerprint density at radius 2 is 1.38 bits per heavy atom. The number of benzene rings is 3. The number of pyridine rings is 1. The van der Waals surface area contributed by atoms with Crippen LogP contribution in [0.25, 0.3) is 61.6 Å². The van der Waals surface area contributed by atoms with Crippen LogP contribution in [0, 0.1) is 0 Å². The van der Waals surface area contributed by atoms with E-state index in [0.717, 1.165) is 55.8 Å². The number of rotatable bonds is 3. The molecule has 0 aliphatic heterocycles. The maximum absolute atomic E-state index is 6.77. The van der Waals surface area contributed by atoms with Crippen molar-refractivity contribution in [3.05, 3.63) is 121 Å². The molecule has 5 heteroatoms. The lowest BCUT2D eigenvalue weighted by Gasteiger charge is -2.18. The summed E-state index contributed by atoms with van der Waals surface area (Å²) in [5.74, 6) is 1.60. The van der Waals surface area contributed by atoms with Crippen LogP contribution >= 0.6 is 0 Å². The zero-order chi connectivity index (χ0) is 26.1. The number of nitrogens with zero attached hydrogens (tertiary/aromatic N) is 4. The van der Waals surface area contributed by atoms with Crippen molar-refractivity contribution >= 4 is 22.0 Å². The molecule has 0 N–H and O–H groups in total. The van der Waals surface area contributed by atoms with E-state index in [9.17, 15) is 0 Å². The van der Waals surface area contributed by atoms with E-state index in [1.54, 1.807) is 12.4 Å². The summed E-state index contributed by atoms with van der Waals surface area (Å²) in [6.07, 6.45) is 3.59. The highest BCUT2D eigenvalue weighted by atomic mass is 16.3. The Morgan fingerprint density at radius 1 is 0.718 bits per heavy atom. The van der Waals surface area contributed by atoms with E-state index < -0.39 is 0 Å². The Kier molecular flexibility index (Phi) is 4.50. The highest BCUT2D eigenvalue weighted by Gasteiger charge is 2.42. The van der Waals surface area contributed by atoms with Gasteiger partial charge < -0.3 is 4.42 Å². The molecule has 0 fully saturated rings. The molecule has 0 saturated heterocycles. The van der Waals surface area contributed by atoms with Gasteiger partial charge in [-0.3, -0.25) is 9.55 Å². The van der Waals surface area contributed by atoms with E-state index in [1.165, 1.54) is 11.1 Å². The standard InChI is InChI=1S/C34H24N4O/c1-34(2)25-14-8-6-12-23(25)29-30-31(39-32(29)34)24-13-7-9-15-28(24)38(30)33-36-26(21-10-4-3-5-11-21)20-27(37-33)22-16-18-35-19-17-22/h3-20H,1-2H3. The molecule has 1 aliphatic rings. The third kappa shape index (κ3) is 3.10. The fourth-order valence-electron chi connectivity index (χ4n) is 6.03. The molecule has 0 unspecified atom stereocenters. The van der Waals surface area contributed by atoms with Crippen molar-refractivity contribution < 1.29 is 4.42 Å². The van der Waals surface area contributed by atoms with E-state index in [-0.39, 0.29) is 5.41 Å². The minimum absolute atomic E-state index is 0.244. The average molecular weight is 505 g/mol. The molecule has 3 aromatic carbocycles. The molecule has 4 aromatic heterocycles. The summed E-state index contributed by atoms with van der Waals surface area (Å²) < 4.78 is 8.95. The number of para-hydroxylation sites is 1. The summed E-state index contributed by atoms with van der Waals surface area (Å²) in [5, 5.41) is 1.05. The second kappa shape index (κ2) is 7.98. The van der Waals surface area contributed by atoms with Gasteiger partial charge in [-0.1, -0.05) is 66.7 Å². The molecule has 0 saturated carbocycles. The molecule has 4 heterocycles. The molecular formula is C34H24N4O. The molecule has 39 heavy (non-hydrogen) atoms. The second-order valence-electron chi connectivity index (χ2n) is 10.5. The number of hydrogen-bond acceptors (Lipinski definition) is 4. The van der Waals surface area contributed by atoms with Crippen LogP contribution < -0.4 is 0 Å². The molecule has 5 nitrogen and oxygen atoms in total. The number of fused-ring (bicyclic) bond motifs is 7. The lowest BCUT2D eigenvalue weighted by atomic mass is 9.86. The topological polar surface area (TPSA) is 56.7 Å². The molecular weight excluding hydrogens is 480 g/mol. The molecule has 0 atom stereocenters. The first kappa shape index (κ1) is 22.0. The summed E-state index contributed by atoms with van der Waals surface area (Å²) >= 11 is 0. The van der Waals surface area contributed by atoms with Crippen molar-refractivity contribution in [3.8, 4) is 39.6 Å². The molecule has 0 amide bonds. The first-order valence-corrected chi connectivity index (χ1v) is 13.1. The average Bonchev–Trinajstić information content (AvgIpc) is 3.60. The SMILES string of the molecule is CC1(C)c2ccccc2-c2c1oc1c3ccccc3n(-c3nc(-c4ccccc4)cc(-c4ccncc4)n3)c21. The van der Waals surface area contributed by atoms with E-state index in [2.05, 4.69) is 90.1 Å². The van der Waals surface area contributed by atoms with Crippen molar-refractivity contribution in [2.45, 2.75) is 19.3 Å². The predicted molar refractivity (Wildman–Crippen MR) is 155 cm³/mol. The van der Waals surface area contributed by atoms with Crippen molar-refractivity contribution in [2.24, 2.45) is 0 Å². The number of hydrogen-bond donors (Lipinski definition) is 0. The highest BCUT2D eigenvalue weighted by molar-refractivity contribution is 6.13. The summed E-state index contributed by atoms with van der Waals surface area (Å²) in [6.45, 7) is 4.47. The van der Waals surface area contributed by atoms with Gasteiger partial charge in [-0.2, -0.15) is 0 Å². The van der Waals surface area contributed by atoms with Gasteiger partial charge in [0.25, 0.3) is 0 Å². The Bertz CT molecular complexity index is 1980. The summed E-state index contributed by atoms with van der Waals surface area (Å²) in [7, 11) is 0. The minimum Gasteiger partial charge on any atom is -0.457 e. The largest absolute Gasteiger partial charge is 0.457 e. The summed E-state index contributed by atoms with van der Waals surface area (Å²) in [4.78, 5) is 14.5. The molecule has 8 rings (SSSR count). The van der Waals surface area contributed by atoms with Crippen LogP contribution in [0.15, 0.2) is 114 Å².